The van der Waals surface area contributed by atoms with Gasteiger partial charge in [0.15, 0.2) is 0 Å². The van der Waals surface area contributed by atoms with E-state index in [0.29, 0.717) is 0 Å². The van der Waals surface area contributed by atoms with E-state index >= 15 is 0 Å². The lowest BCUT2D eigenvalue weighted by Crippen LogP contribution is -1.88. The lowest BCUT2D eigenvalue weighted by Gasteiger charge is -2.09. The van der Waals surface area contributed by atoms with Crippen LogP contribution in [0.3, 0.4) is 0 Å². The van der Waals surface area contributed by atoms with Crippen LogP contribution in [0.4, 0.5) is 0 Å². The van der Waals surface area contributed by atoms with Gasteiger partial charge < -0.3 is 4.74 Å². The molecule has 72 valence electrons. The van der Waals surface area contributed by atoms with E-state index in [1.807, 2.05) is 0 Å². The molecule has 2 aromatic carbocycles. The van der Waals surface area contributed by atoms with Crippen molar-refractivity contribution in [1.82, 2.24) is 0 Å². The lowest BCUT2D eigenvalue weighted by molar-refractivity contribution is 0.417. The molecule has 0 amide bonds. The maximum Gasteiger partial charge on any atom is 0.129 e. The maximum atomic E-state index is 5.40. The maximum absolute atomic E-state index is 5.40. The van der Waals surface area contributed by atoms with Crippen molar-refractivity contribution in [2.24, 2.45) is 0 Å². The normalized spacial score (nSPS) is 10.5. The van der Waals surface area contributed by atoms with Gasteiger partial charge in [0.25, 0.3) is 0 Å². The molecular weight excluding hydrogens is 172 g/mol. The first kappa shape index (κ1) is 9.07. The molecule has 0 radical (unpaired) electrons. The third-order valence-corrected chi connectivity index (χ3v) is 2.53. The summed E-state index contributed by atoms with van der Waals surface area (Å²) >= 11 is 0. The van der Waals surface area contributed by atoms with E-state index in [2.05, 4.69) is 44.2 Å². The van der Waals surface area contributed by atoms with Gasteiger partial charge in [0.2, 0.25) is 0 Å². The fourth-order valence-corrected chi connectivity index (χ4v) is 1.80. The van der Waals surface area contributed by atoms with Crippen LogP contribution in [0.5, 0.6) is 5.75 Å². The van der Waals surface area contributed by atoms with Gasteiger partial charge in [-0.1, -0.05) is 35.9 Å². The zero-order chi connectivity index (χ0) is 10.1. The van der Waals surface area contributed by atoms with Gasteiger partial charge in [-0.15, -0.1) is 0 Å². The molecule has 2 rings (SSSR count). The van der Waals surface area contributed by atoms with E-state index in [9.17, 15) is 0 Å². The number of benzene rings is 2. The molecule has 2 aromatic rings. The Morgan fingerprint density at radius 2 is 1.79 bits per heavy atom. The molecule has 0 aliphatic carbocycles. The summed E-state index contributed by atoms with van der Waals surface area (Å²) in [5.74, 6) is 0.988. The highest BCUT2D eigenvalue weighted by Gasteiger charge is 2.03. The largest absolute Gasteiger partial charge is 0.496 e. The zero-order valence-corrected chi connectivity index (χ0v) is 8.79. The molecule has 0 aliphatic rings. The van der Waals surface area contributed by atoms with E-state index in [1.54, 1.807) is 7.11 Å². The quantitative estimate of drug-likeness (QED) is 0.662. The first-order valence-corrected chi connectivity index (χ1v) is 4.76. The van der Waals surface area contributed by atoms with Gasteiger partial charge in [-0.3, -0.25) is 0 Å². The second-order valence-corrected chi connectivity index (χ2v) is 3.64. The summed E-state index contributed by atoms with van der Waals surface area (Å²) < 4.78 is 5.40. The summed E-state index contributed by atoms with van der Waals surface area (Å²) in [6.45, 7) is 4.17. The first-order valence-electron chi connectivity index (χ1n) is 4.76. The highest BCUT2D eigenvalue weighted by Crippen LogP contribution is 2.29. The Morgan fingerprint density at radius 3 is 2.50 bits per heavy atom. The van der Waals surface area contributed by atoms with Gasteiger partial charge in [0.1, 0.15) is 5.75 Å². The molecule has 1 heteroatoms. The minimum atomic E-state index is 0.988. The van der Waals surface area contributed by atoms with Gasteiger partial charge in [-0.05, 0) is 24.8 Å². The third kappa shape index (κ3) is 1.35. The number of methoxy groups -OCH3 is 1. The zero-order valence-electron chi connectivity index (χ0n) is 8.79. The Hall–Kier alpha value is -1.50. The van der Waals surface area contributed by atoms with Crippen LogP contribution in [0.15, 0.2) is 30.3 Å². The van der Waals surface area contributed by atoms with Crippen molar-refractivity contribution in [3.05, 3.63) is 41.5 Å². The van der Waals surface area contributed by atoms with E-state index in [1.165, 1.54) is 21.9 Å². The molecule has 0 aromatic heterocycles. The van der Waals surface area contributed by atoms with Crippen molar-refractivity contribution in [3.63, 3.8) is 0 Å². The van der Waals surface area contributed by atoms with E-state index in [4.69, 9.17) is 4.74 Å². The van der Waals surface area contributed by atoms with Crippen molar-refractivity contribution in [1.29, 1.82) is 0 Å². The monoisotopic (exact) mass is 186 g/mol. The molecule has 0 aliphatic heterocycles. The van der Waals surface area contributed by atoms with Crippen LogP contribution >= 0.6 is 0 Å². The summed E-state index contributed by atoms with van der Waals surface area (Å²) in [5, 5.41) is 2.44. The smallest absolute Gasteiger partial charge is 0.129 e. The van der Waals surface area contributed by atoms with Gasteiger partial charge in [-0.25, -0.2) is 0 Å². The number of hydrogen-bond donors (Lipinski definition) is 0. The average Bonchev–Trinajstić information content (AvgIpc) is 2.18. The van der Waals surface area contributed by atoms with Crippen molar-refractivity contribution in [3.8, 4) is 5.75 Å². The third-order valence-electron chi connectivity index (χ3n) is 2.53. The van der Waals surface area contributed by atoms with Gasteiger partial charge in [0, 0.05) is 5.39 Å². The molecule has 0 spiro atoms. The van der Waals surface area contributed by atoms with Crippen molar-refractivity contribution >= 4 is 10.8 Å². The van der Waals surface area contributed by atoms with Crippen LogP contribution in [0.25, 0.3) is 10.8 Å². The van der Waals surface area contributed by atoms with Gasteiger partial charge in [0.05, 0.1) is 7.11 Å². The molecule has 0 bridgehead atoms. The second kappa shape index (κ2) is 3.33. The van der Waals surface area contributed by atoms with Crippen LogP contribution in [-0.2, 0) is 0 Å². The molecule has 0 saturated carbocycles. The van der Waals surface area contributed by atoms with Gasteiger partial charge in [-0.2, -0.15) is 0 Å². The average molecular weight is 186 g/mol. The minimum Gasteiger partial charge on any atom is -0.496 e. The topological polar surface area (TPSA) is 9.23 Å². The molecule has 0 N–H and O–H groups in total. The summed E-state index contributed by atoms with van der Waals surface area (Å²) in [5.41, 5.74) is 2.47. The number of fused-ring (bicyclic) bond motifs is 1. The van der Waals surface area contributed by atoms with Crippen molar-refractivity contribution in [2.45, 2.75) is 13.8 Å². The summed E-state index contributed by atoms with van der Waals surface area (Å²) in [6, 6.07) is 10.7. The van der Waals surface area contributed by atoms with Crippen LogP contribution in [-0.4, -0.2) is 7.11 Å². The van der Waals surface area contributed by atoms with Crippen molar-refractivity contribution in [2.75, 3.05) is 7.11 Å². The molecular formula is C13H14O. The number of rotatable bonds is 1. The molecule has 0 unspecified atom stereocenters. The number of hydrogen-bond acceptors (Lipinski definition) is 1. The number of aryl methyl sites for hydroxylation is 2. The molecule has 1 nitrogen and oxygen atoms in total. The standard InChI is InChI=1S/C13H14O/c1-9-4-7-12-11(8-9)6-5-10(2)13(12)14-3/h4-8H,1-3H3. The Kier molecular flexibility index (Phi) is 2.16. The van der Waals surface area contributed by atoms with E-state index in [0.717, 1.165) is 5.75 Å². The summed E-state index contributed by atoms with van der Waals surface area (Å²) in [7, 11) is 1.72. The minimum absolute atomic E-state index is 0.988. The van der Waals surface area contributed by atoms with E-state index < -0.39 is 0 Å². The highest BCUT2D eigenvalue weighted by atomic mass is 16.5. The SMILES string of the molecule is COc1c(C)ccc2cc(C)ccc12. The van der Waals surface area contributed by atoms with Crippen LogP contribution in [0.1, 0.15) is 11.1 Å². The Bertz CT molecular complexity index is 472. The van der Waals surface area contributed by atoms with Gasteiger partial charge >= 0.3 is 0 Å². The Balaban J connectivity index is 2.82. The molecule has 0 fully saturated rings. The highest BCUT2D eigenvalue weighted by molar-refractivity contribution is 5.90. The molecule has 14 heavy (non-hydrogen) atoms. The first-order chi connectivity index (χ1) is 6.72. The van der Waals surface area contributed by atoms with Crippen LogP contribution in [0.2, 0.25) is 0 Å². The molecule has 0 heterocycles. The molecule has 0 saturated heterocycles. The Labute approximate surface area is 84.3 Å². The number of ether oxygens (including phenoxy) is 1. The van der Waals surface area contributed by atoms with Crippen LogP contribution in [0, 0.1) is 13.8 Å². The second-order valence-electron chi connectivity index (χ2n) is 3.64. The Morgan fingerprint density at radius 1 is 1.00 bits per heavy atom. The fourth-order valence-electron chi connectivity index (χ4n) is 1.80. The summed E-state index contributed by atoms with van der Waals surface area (Å²) in [4.78, 5) is 0. The lowest BCUT2D eigenvalue weighted by atomic mass is 10.0. The predicted octanol–water partition coefficient (Wildman–Crippen LogP) is 3.47. The summed E-state index contributed by atoms with van der Waals surface area (Å²) in [6.07, 6.45) is 0. The van der Waals surface area contributed by atoms with Crippen molar-refractivity contribution < 1.29 is 4.74 Å². The molecule has 0 atom stereocenters. The van der Waals surface area contributed by atoms with Crippen LogP contribution < -0.4 is 4.74 Å². The predicted molar refractivity (Wildman–Crippen MR) is 60.0 cm³/mol. The fraction of sp³-hybridized carbons (Fsp3) is 0.231. The van der Waals surface area contributed by atoms with E-state index in [-0.39, 0.29) is 0 Å².